The lowest BCUT2D eigenvalue weighted by molar-refractivity contribution is -0.135. The molecule has 0 atom stereocenters. The molecule has 0 spiro atoms. The first-order chi connectivity index (χ1) is 19.4. The van der Waals surface area contributed by atoms with E-state index in [1.165, 1.54) is 42.6 Å². The van der Waals surface area contributed by atoms with Crippen LogP contribution in [0.2, 0.25) is 0 Å². The highest BCUT2D eigenvalue weighted by Crippen LogP contribution is 2.27. The van der Waals surface area contributed by atoms with Crippen LogP contribution in [0.3, 0.4) is 0 Å². The quantitative estimate of drug-likeness (QED) is 0.104. The molecular formula is C32H28F2N2O4. The molecule has 0 radical (unpaired) electrons. The van der Waals surface area contributed by atoms with Gasteiger partial charge in [0.1, 0.15) is 23.1 Å². The Morgan fingerprint density at radius 2 is 1.40 bits per heavy atom. The molecule has 3 aromatic carbocycles. The number of nitrogens with zero attached hydrogens (tertiary/aromatic N) is 2. The summed E-state index contributed by atoms with van der Waals surface area (Å²) in [5.74, 6) is -1.19. The van der Waals surface area contributed by atoms with E-state index in [0.717, 1.165) is 37.1 Å². The lowest BCUT2D eigenvalue weighted by Gasteiger charge is -2.08. The van der Waals surface area contributed by atoms with E-state index >= 15 is 0 Å². The normalized spacial score (nSPS) is 10.7. The molecule has 0 aliphatic heterocycles. The van der Waals surface area contributed by atoms with Crippen molar-refractivity contribution in [2.24, 2.45) is 0 Å². The Balaban J connectivity index is 1.08. The van der Waals surface area contributed by atoms with Gasteiger partial charge in [0.05, 0.1) is 23.3 Å². The van der Waals surface area contributed by atoms with E-state index in [4.69, 9.17) is 14.7 Å². The highest BCUT2D eigenvalue weighted by molar-refractivity contribution is 5.82. The van der Waals surface area contributed by atoms with Gasteiger partial charge in [-0.2, -0.15) is 5.26 Å². The molecule has 204 valence electrons. The van der Waals surface area contributed by atoms with Crippen molar-refractivity contribution in [2.45, 2.75) is 51.4 Å². The molecule has 0 unspecified atom stereocenters. The van der Waals surface area contributed by atoms with Gasteiger partial charge >= 0.3 is 11.9 Å². The molecule has 40 heavy (non-hydrogen) atoms. The van der Waals surface area contributed by atoms with Gasteiger partial charge in [-0.25, -0.2) is 8.78 Å². The van der Waals surface area contributed by atoms with E-state index in [1.807, 2.05) is 0 Å². The summed E-state index contributed by atoms with van der Waals surface area (Å²) in [6, 6.07) is 18.6. The van der Waals surface area contributed by atoms with E-state index in [9.17, 15) is 18.4 Å². The summed E-state index contributed by atoms with van der Waals surface area (Å²) in [7, 11) is 0. The van der Waals surface area contributed by atoms with Crippen LogP contribution in [0.25, 0.3) is 22.0 Å². The zero-order chi connectivity index (χ0) is 28.3. The molecule has 0 saturated carbocycles. The third kappa shape index (κ3) is 8.18. The summed E-state index contributed by atoms with van der Waals surface area (Å²) in [5, 5.41) is 9.76. The summed E-state index contributed by atoms with van der Waals surface area (Å²) >= 11 is 0. The maximum Gasteiger partial charge on any atom is 0.311 e. The van der Waals surface area contributed by atoms with Gasteiger partial charge < -0.3 is 9.47 Å². The van der Waals surface area contributed by atoms with Crippen molar-refractivity contribution in [1.29, 1.82) is 5.26 Å². The average Bonchev–Trinajstić information content (AvgIpc) is 2.95. The highest BCUT2D eigenvalue weighted by Gasteiger charge is 2.11. The van der Waals surface area contributed by atoms with Crippen LogP contribution in [-0.4, -0.2) is 16.9 Å². The minimum Gasteiger partial charge on any atom is -0.426 e. The maximum atomic E-state index is 14.5. The lowest BCUT2D eigenvalue weighted by atomic mass is 10.1. The largest absolute Gasteiger partial charge is 0.426 e. The van der Waals surface area contributed by atoms with Gasteiger partial charge in [-0.1, -0.05) is 43.9 Å². The molecule has 1 aromatic heterocycles. The van der Waals surface area contributed by atoms with Crippen LogP contribution >= 0.6 is 0 Å². The fourth-order valence-electron chi connectivity index (χ4n) is 4.26. The van der Waals surface area contributed by atoms with Gasteiger partial charge in [-0.3, -0.25) is 14.6 Å². The Kier molecular flexibility index (Phi) is 9.89. The number of carbonyl (C=O) groups is 2. The van der Waals surface area contributed by atoms with Crippen molar-refractivity contribution in [3.8, 4) is 28.7 Å². The number of unbranched alkanes of at least 4 members (excludes halogenated alkanes) is 5. The Bertz CT molecular complexity index is 1530. The number of esters is 2. The smallest absolute Gasteiger partial charge is 0.311 e. The van der Waals surface area contributed by atoms with Gasteiger partial charge in [-0.05, 0) is 60.9 Å². The molecular weight excluding hydrogens is 514 g/mol. The van der Waals surface area contributed by atoms with Gasteiger partial charge in [0.15, 0.2) is 0 Å². The molecule has 4 rings (SSSR count). The summed E-state index contributed by atoms with van der Waals surface area (Å²) in [4.78, 5) is 28.5. The predicted molar refractivity (Wildman–Crippen MR) is 146 cm³/mol. The zero-order valence-corrected chi connectivity index (χ0v) is 21.9. The number of benzene rings is 3. The standard InChI is InChI=1S/C32H28F2N2O4/c33-25-13-11-23(12-14-25)28-16-15-26(19-29(28)34)39-31(37)7-5-3-1-2-4-6-8-32(38)40-27-18-24-10-9-22(20-35)17-30(24)36-21-27/h9-19,21H,1-8H2. The molecule has 4 aromatic rings. The minimum absolute atomic E-state index is 0.132. The van der Waals surface area contributed by atoms with Crippen molar-refractivity contribution in [2.75, 3.05) is 0 Å². The third-order valence-corrected chi connectivity index (χ3v) is 6.36. The Morgan fingerprint density at radius 1 is 0.750 bits per heavy atom. The van der Waals surface area contributed by atoms with Crippen LogP contribution < -0.4 is 9.47 Å². The molecule has 0 saturated heterocycles. The van der Waals surface area contributed by atoms with Crippen molar-refractivity contribution >= 4 is 22.8 Å². The second-order valence-corrected chi connectivity index (χ2v) is 9.41. The molecule has 0 N–H and O–H groups in total. The number of nitriles is 1. The number of hydrogen-bond donors (Lipinski definition) is 0. The molecule has 6 nitrogen and oxygen atoms in total. The Morgan fingerprint density at radius 3 is 2.05 bits per heavy atom. The highest BCUT2D eigenvalue weighted by atomic mass is 19.1. The SMILES string of the molecule is N#Cc1ccc2cc(OC(=O)CCCCCCCCC(=O)Oc3ccc(-c4ccc(F)cc4)c(F)c3)cnc2c1. The fraction of sp³-hybridized carbons (Fsp3) is 0.250. The second-order valence-electron chi connectivity index (χ2n) is 9.41. The molecule has 8 heteroatoms. The molecule has 1 heterocycles. The van der Waals surface area contributed by atoms with E-state index in [0.29, 0.717) is 47.2 Å². The Labute approximate surface area is 231 Å². The van der Waals surface area contributed by atoms with Gasteiger partial charge in [0.25, 0.3) is 0 Å². The molecule has 0 bridgehead atoms. The van der Waals surface area contributed by atoms with Gasteiger partial charge in [0, 0.05) is 29.9 Å². The molecule has 0 amide bonds. The first-order valence-corrected chi connectivity index (χ1v) is 13.2. The summed E-state index contributed by atoms with van der Waals surface area (Å²) in [6.07, 6.45) is 6.92. The van der Waals surface area contributed by atoms with E-state index in [-0.39, 0.29) is 18.1 Å². The van der Waals surface area contributed by atoms with Gasteiger partial charge in [-0.15, -0.1) is 0 Å². The van der Waals surface area contributed by atoms with Crippen molar-refractivity contribution in [3.63, 3.8) is 0 Å². The van der Waals surface area contributed by atoms with Crippen LogP contribution in [0.1, 0.15) is 56.9 Å². The maximum absolute atomic E-state index is 14.5. The fourth-order valence-corrected chi connectivity index (χ4v) is 4.26. The molecule has 0 fully saturated rings. The number of carbonyl (C=O) groups excluding carboxylic acids is 2. The average molecular weight is 543 g/mol. The number of fused-ring (bicyclic) bond motifs is 1. The number of ether oxygens (including phenoxy) is 2. The Hall–Kier alpha value is -4.64. The lowest BCUT2D eigenvalue weighted by Crippen LogP contribution is -2.08. The number of halogens is 2. The van der Waals surface area contributed by atoms with Crippen molar-refractivity contribution < 1.29 is 27.8 Å². The third-order valence-electron chi connectivity index (χ3n) is 6.36. The molecule has 0 aliphatic rings. The van der Waals surface area contributed by atoms with Crippen LogP contribution in [0.4, 0.5) is 8.78 Å². The number of aromatic nitrogens is 1. The van der Waals surface area contributed by atoms with Crippen LogP contribution in [0.15, 0.2) is 72.9 Å². The topological polar surface area (TPSA) is 89.3 Å². The summed E-state index contributed by atoms with van der Waals surface area (Å²) in [6.45, 7) is 0. The summed E-state index contributed by atoms with van der Waals surface area (Å²) < 4.78 is 38.2. The second kappa shape index (κ2) is 13.9. The zero-order valence-electron chi connectivity index (χ0n) is 21.9. The monoisotopic (exact) mass is 542 g/mol. The van der Waals surface area contributed by atoms with E-state index < -0.39 is 17.6 Å². The van der Waals surface area contributed by atoms with Crippen LogP contribution in [0, 0.1) is 23.0 Å². The predicted octanol–water partition coefficient (Wildman–Crippen LogP) is 7.68. The number of rotatable bonds is 12. The number of hydrogen-bond acceptors (Lipinski definition) is 6. The summed E-state index contributed by atoms with van der Waals surface area (Å²) in [5.41, 5.74) is 2.02. The van der Waals surface area contributed by atoms with Crippen molar-refractivity contribution in [3.05, 3.63) is 90.1 Å². The minimum atomic E-state index is -0.551. The molecule has 0 aliphatic carbocycles. The number of pyridine rings is 1. The first-order valence-electron chi connectivity index (χ1n) is 13.2. The van der Waals surface area contributed by atoms with Crippen LogP contribution in [-0.2, 0) is 9.59 Å². The van der Waals surface area contributed by atoms with Crippen LogP contribution in [0.5, 0.6) is 11.5 Å². The van der Waals surface area contributed by atoms with E-state index in [1.54, 1.807) is 24.3 Å². The first kappa shape index (κ1) is 28.4. The van der Waals surface area contributed by atoms with Gasteiger partial charge in [0.2, 0.25) is 0 Å². The van der Waals surface area contributed by atoms with Crippen molar-refractivity contribution in [1.82, 2.24) is 4.98 Å². The van der Waals surface area contributed by atoms with E-state index in [2.05, 4.69) is 11.1 Å².